The summed E-state index contributed by atoms with van der Waals surface area (Å²) in [5.74, 6) is 6.55. The van der Waals surface area contributed by atoms with Crippen LogP contribution >= 0.6 is 11.3 Å². The van der Waals surface area contributed by atoms with E-state index < -0.39 is 5.97 Å². The van der Waals surface area contributed by atoms with Gasteiger partial charge in [0.2, 0.25) is 0 Å². The topological polar surface area (TPSA) is 40.5 Å². The van der Waals surface area contributed by atoms with E-state index in [0.717, 1.165) is 35.7 Å². The fourth-order valence-electron chi connectivity index (χ4n) is 4.32. The van der Waals surface area contributed by atoms with Crippen LogP contribution in [0.5, 0.6) is 0 Å². The molecule has 0 spiro atoms. The summed E-state index contributed by atoms with van der Waals surface area (Å²) in [5.41, 5.74) is 0.700. The van der Waals surface area contributed by atoms with Gasteiger partial charge in [0.25, 0.3) is 0 Å². The molecule has 32 heavy (non-hydrogen) atoms. The van der Waals surface area contributed by atoms with Crippen molar-refractivity contribution in [2.45, 2.75) is 111 Å². The number of carboxylic acid groups (broad SMARTS) is 1. The second kappa shape index (κ2) is 13.1. The van der Waals surface area contributed by atoms with Crippen LogP contribution in [0.3, 0.4) is 0 Å². The lowest BCUT2D eigenvalue weighted by Crippen LogP contribution is -2.33. The van der Waals surface area contributed by atoms with Gasteiger partial charge in [-0.2, -0.15) is 0 Å². The number of carbonyl (C=O) groups is 1. The van der Waals surface area contributed by atoms with E-state index in [-0.39, 0.29) is 5.41 Å². The lowest BCUT2D eigenvalue weighted by molar-refractivity contribution is 0.0702. The third-order valence-corrected chi connectivity index (χ3v) is 7.14. The highest BCUT2D eigenvalue weighted by Gasteiger charge is 2.26. The second-order valence-corrected chi connectivity index (χ2v) is 11.4. The van der Waals surface area contributed by atoms with Crippen molar-refractivity contribution in [2.75, 3.05) is 4.90 Å². The third-order valence-electron chi connectivity index (χ3n) is 6.11. The van der Waals surface area contributed by atoms with Gasteiger partial charge < -0.3 is 10.0 Å². The molecule has 1 aromatic heterocycles. The normalized spacial score (nSPS) is 17.9. The van der Waals surface area contributed by atoms with E-state index >= 15 is 0 Å². The quantitative estimate of drug-likeness (QED) is 0.451. The largest absolute Gasteiger partial charge is 0.477 e. The lowest BCUT2D eigenvalue weighted by atomic mass is 9.91. The zero-order chi connectivity index (χ0) is 23.6. The molecule has 178 valence electrons. The van der Waals surface area contributed by atoms with Gasteiger partial charge in [0.1, 0.15) is 4.88 Å². The van der Waals surface area contributed by atoms with Crippen LogP contribution < -0.4 is 4.90 Å². The standard InChI is InChI=1S/C21H29NO2S.C7H14/c1-5-6-14-22(16-10-8-7-9-11-16)18-15-17(12-13-21(2,3)4)25-19(18)20(23)24;1-7-5-3-2-4-6-7/h6,14-16H,5,7-11H2,1-4H3,(H,23,24);7H,2-6H2,1H3/b14-6-;. The van der Waals surface area contributed by atoms with E-state index in [1.165, 1.54) is 62.7 Å². The average molecular weight is 458 g/mol. The Bertz CT molecular complexity index is 794. The van der Waals surface area contributed by atoms with Gasteiger partial charge in [0.15, 0.2) is 0 Å². The van der Waals surface area contributed by atoms with Crippen LogP contribution in [0, 0.1) is 23.2 Å². The minimum absolute atomic E-state index is 0.0985. The summed E-state index contributed by atoms with van der Waals surface area (Å²) >= 11 is 1.29. The van der Waals surface area contributed by atoms with Gasteiger partial charge >= 0.3 is 5.97 Å². The van der Waals surface area contributed by atoms with Crippen LogP contribution in [0.15, 0.2) is 18.3 Å². The number of nitrogens with zero attached hydrogens (tertiary/aromatic N) is 1. The van der Waals surface area contributed by atoms with E-state index in [4.69, 9.17) is 0 Å². The molecule has 0 atom stereocenters. The van der Waals surface area contributed by atoms with E-state index in [1.54, 1.807) is 0 Å². The third kappa shape index (κ3) is 9.02. The van der Waals surface area contributed by atoms with Crippen molar-refractivity contribution in [3.63, 3.8) is 0 Å². The van der Waals surface area contributed by atoms with Crippen LogP contribution in [0.25, 0.3) is 0 Å². The molecule has 0 amide bonds. The number of hydrogen-bond acceptors (Lipinski definition) is 3. The minimum Gasteiger partial charge on any atom is -0.477 e. The maximum atomic E-state index is 11.8. The summed E-state index contributed by atoms with van der Waals surface area (Å²) in [6.07, 6.45) is 18.5. The number of anilines is 1. The predicted octanol–water partition coefficient (Wildman–Crippen LogP) is 8.49. The van der Waals surface area contributed by atoms with Crippen molar-refractivity contribution < 1.29 is 9.90 Å². The molecule has 1 heterocycles. The zero-order valence-corrected chi connectivity index (χ0v) is 21.7. The van der Waals surface area contributed by atoms with Gasteiger partial charge in [-0.15, -0.1) is 11.3 Å². The molecule has 0 unspecified atom stereocenters. The van der Waals surface area contributed by atoms with Gasteiger partial charge in [-0.3, -0.25) is 0 Å². The lowest BCUT2D eigenvalue weighted by Gasteiger charge is -2.33. The maximum Gasteiger partial charge on any atom is 0.348 e. The molecule has 2 saturated carbocycles. The van der Waals surface area contributed by atoms with Gasteiger partial charge in [0, 0.05) is 17.7 Å². The summed E-state index contributed by atoms with van der Waals surface area (Å²) in [4.78, 5) is 15.2. The molecule has 3 rings (SSSR count). The van der Waals surface area contributed by atoms with Crippen LogP contribution in [-0.4, -0.2) is 17.1 Å². The first-order chi connectivity index (χ1) is 15.2. The fourth-order valence-corrected chi connectivity index (χ4v) is 5.17. The van der Waals surface area contributed by atoms with Crippen molar-refractivity contribution in [2.24, 2.45) is 11.3 Å². The van der Waals surface area contributed by atoms with E-state index in [2.05, 4.69) is 63.6 Å². The molecule has 0 aromatic carbocycles. The highest BCUT2D eigenvalue weighted by Crippen LogP contribution is 2.35. The number of thiophene rings is 1. The maximum absolute atomic E-state index is 11.8. The number of rotatable bonds is 5. The SMILES string of the molecule is CC/C=C\N(c1cc(C#CC(C)(C)C)sc1C(=O)O)C1CCCCC1.CC1CCCCC1. The highest BCUT2D eigenvalue weighted by molar-refractivity contribution is 7.15. The zero-order valence-electron chi connectivity index (χ0n) is 20.9. The van der Waals surface area contributed by atoms with Crippen LogP contribution in [0.1, 0.15) is 120 Å². The molecule has 0 bridgehead atoms. The van der Waals surface area contributed by atoms with Crippen molar-refractivity contribution in [3.05, 3.63) is 28.1 Å². The van der Waals surface area contributed by atoms with E-state index in [1.807, 2.05) is 6.07 Å². The summed E-state index contributed by atoms with van der Waals surface area (Å²) < 4.78 is 0. The first-order valence-corrected chi connectivity index (χ1v) is 13.4. The van der Waals surface area contributed by atoms with Crippen LogP contribution in [0.2, 0.25) is 0 Å². The molecular weight excluding hydrogens is 414 g/mol. The Morgan fingerprint density at radius 2 is 1.72 bits per heavy atom. The van der Waals surface area contributed by atoms with E-state index in [0.29, 0.717) is 10.9 Å². The Hall–Kier alpha value is -1.73. The van der Waals surface area contributed by atoms with E-state index in [9.17, 15) is 9.90 Å². The van der Waals surface area contributed by atoms with Crippen LogP contribution in [-0.2, 0) is 0 Å². The minimum atomic E-state index is -0.866. The Morgan fingerprint density at radius 3 is 2.19 bits per heavy atom. The van der Waals surface area contributed by atoms with Gasteiger partial charge in [0.05, 0.1) is 10.6 Å². The number of allylic oxidation sites excluding steroid dienone is 1. The monoisotopic (exact) mass is 457 g/mol. The second-order valence-electron chi connectivity index (χ2n) is 10.4. The number of aromatic carboxylic acids is 1. The molecule has 0 saturated heterocycles. The van der Waals surface area contributed by atoms with Gasteiger partial charge in [-0.1, -0.05) is 83.1 Å². The molecular formula is C28H43NO2S. The Kier molecular flexibility index (Phi) is 10.9. The summed E-state index contributed by atoms with van der Waals surface area (Å²) in [6, 6.07) is 2.34. The van der Waals surface area contributed by atoms with Crippen molar-refractivity contribution in [1.29, 1.82) is 0 Å². The summed E-state index contributed by atoms with van der Waals surface area (Å²) in [6.45, 7) is 10.6. The van der Waals surface area contributed by atoms with Crippen molar-refractivity contribution >= 4 is 23.0 Å². The molecule has 4 heteroatoms. The molecule has 1 aromatic rings. The fraction of sp³-hybridized carbons (Fsp3) is 0.679. The summed E-state index contributed by atoms with van der Waals surface area (Å²) in [7, 11) is 0. The molecule has 2 aliphatic carbocycles. The first kappa shape index (κ1) is 26.5. The molecule has 2 fully saturated rings. The molecule has 1 N–H and O–H groups in total. The molecule has 3 nitrogen and oxygen atoms in total. The molecule has 0 aliphatic heterocycles. The Labute approximate surface area is 200 Å². The first-order valence-electron chi connectivity index (χ1n) is 12.6. The van der Waals surface area contributed by atoms with Crippen LogP contribution in [0.4, 0.5) is 5.69 Å². The number of carboxylic acids is 1. The van der Waals surface area contributed by atoms with Gasteiger partial charge in [-0.25, -0.2) is 4.79 Å². The van der Waals surface area contributed by atoms with Gasteiger partial charge in [-0.05, 0) is 52.0 Å². The molecule has 0 radical (unpaired) electrons. The molecule has 2 aliphatic rings. The van der Waals surface area contributed by atoms with Crippen molar-refractivity contribution in [1.82, 2.24) is 0 Å². The number of hydrogen-bond donors (Lipinski definition) is 1. The Morgan fingerprint density at radius 1 is 1.12 bits per heavy atom. The average Bonchev–Trinajstić information content (AvgIpc) is 3.18. The Balaban J connectivity index is 0.000000439. The summed E-state index contributed by atoms with van der Waals surface area (Å²) in [5, 5.41) is 9.69. The van der Waals surface area contributed by atoms with Crippen molar-refractivity contribution in [3.8, 4) is 11.8 Å². The smallest absolute Gasteiger partial charge is 0.348 e. The highest BCUT2D eigenvalue weighted by atomic mass is 32.1. The predicted molar refractivity (Wildman–Crippen MR) is 139 cm³/mol.